The molecule has 0 atom stereocenters. The number of carbonyl (C=O) groups excluding carboxylic acids is 1. The number of carbonyl (C=O) groups is 1. The highest BCUT2D eigenvalue weighted by atomic mass is 127. The normalized spacial score (nSPS) is 15.2. The lowest BCUT2D eigenvalue weighted by Crippen LogP contribution is -2.33. The third kappa shape index (κ3) is 6.80. The van der Waals surface area contributed by atoms with E-state index in [0.29, 0.717) is 42.9 Å². The van der Waals surface area contributed by atoms with Crippen LogP contribution in [0.5, 0.6) is 11.5 Å². The van der Waals surface area contributed by atoms with Crippen LogP contribution in [0.3, 0.4) is 0 Å². The third-order valence-electron chi connectivity index (χ3n) is 4.44. The van der Waals surface area contributed by atoms with Gasteiger partial charge < -0.3 is 18.9 Å². The average Bonchev–Trinajstić information content (AvgIpc) is 3.14. The molecule has 7 nitrogen and oxygen atoms in total. The maximum atomic E-state index is 12.1. The highest BCUT2D eigenvalue weighted by molar-refractivity contribution is 14.1. The fraction of sp³-hybridized carbons (Fsp3) is 0.364. The lowest BCUT2D eigenvalue weighted by Gasteiger charge is -2.20. The molecule has 0 bridgehead atoms. The highest BCUT2D eigenvalue weighted by Gasteiger charge is 2.33. The summed E-state index contributed by atoms with van der Waals surface area (Å²) in [5, 5.41) is 4.69. The van der Waals surface area contributed by atoms with Gasteiger partial charge in [0.2, 0.25) is 5.91 Å². The minimum atomic E-state index is -0.891. The van der Waals surface area contributed by atoms with Gasteiger partial charge in [0.25, 0.3) is 0 Å². The molecule has 0 saturated carbocycles. The van der Waals surface area contributed by atoms with Gasteiger partial charge in [0.15, 0.2) is 17.3 Å². The Labute approximate surface area is 200 Å². The molecule has 1 amide bonds. The molecular weight excluding hydrogens is 535 g/mol. The van der Waals surface area contributed by atoms with Crippen LogP contribution in [0.1, 0.15) is 31.4 Å². The van der Waals surface area contributed by atoms with Crippen LogP contribution >= 0.6 is 34.2 Å². The largest absolute Gasteiger partial charge is 0.490 e. The molecule has 1 aliphatic heterocycles. The fourth-order valence-corrected chi connectivity index (χ4v) is 3.97. The second kappa shape index (κ2) is 11.1. The Hall–Kier alpha value is -1.88. The molecule has 3 rings (SSSR count). The molecule has 0 aliphatic carbocycles. The molecule has 2 aromatic rings. The summed E-state index contributed by atoms with van der Waals surface area (Å²) in [6, 6.07) is 11.2. The van der Waals surface area contributed by atoms with E-state index in [4.69, 9.17) is 30.5 Å². The number of benzene rings is 2. The maximum absolute atomic E-state index is 12.1. The van der Waals surface area contributed by atoms with E-state index in [-0.39, 0.29) is 12.3 Å². The first kappa shape index (κ1) is 23.8. The summed E-state index contributed by atoms with van der Waals surface area (Å²) >= 11 is 8.40. The minimum absolute atomic E-state index is 0.0703. The molecule has 1 heterocycles. The number of nitrogens with zero attached hydrogens (tertiary/aromatic N) is 1. The van der Waals surface area contributed by atoms with Crippen LogP contribution in [0, 0.1) is 3.57 Å². The Kier molecular flexibility index (Phi) is 8.53. The van der Waals surface area contributed by atoms with Gasteiger partial charge in [-0.2, -0.15) is 5.10 Å². The molecule has 9 heteroatoms. The van der Waals surface area contributed by atoms with Crippen molar-refractivity contribution < 1.29 is 23.7 Å². The molecule has 1 N–H and O–H groups in total. The Bertz CT molecular complexity index is 947. The Morgan fingerprint density at radius 1 is 1.29 bits per heavy atom. The van der Waals surface area contributed by atoms with Gasteiger partial charge in [0.1, 0.15) is 6.61 Å². The van der Waals surface area contributed by atoms with Gasteiger partial charge >= 0.3 is 0 Å². The number of hydrogen-bond acceptors (Lipinski definition) is 6. The monoisotopic (exact) mass is 558 g/mol. The first-order valence-corrected chi connectivity index (χ1v) is 11.3. The van der Waals surface area contributed by atoms with Crippen LogP contribution in [0.25, 0.3) is 0 Å². The molecule has 1 aliphatic rings. The van der Waals surface area contributed by atoms with Gasteiger partial charge in [-0.05, 0) is 60.2 Å². The van der Waals surface area contributed by atoms with Crippen molar-refractivity contribution in [3.8, 4) is 11.5 Å². The topological polar surface area (TPSA) is 78.4 Å². The summed E-state index contributed by atoms with van der Waals surface area (Å²) in [6.45, 7) is 5.41. The second-order valence-corrected chi connectivity index (χ2v) is 8.51. The van der Waals surface area contributed by atoms with Crippen molar-refractivity contribution in [3.63, 3.8) is 0 Å². The lowest BCUT2D eigenvalue weighted by molar-refractivity contribution is -0.159. The SMILES string of the molecule is CCOc1cc(C=NNC(=O)CC2(C)OCCO2)cc(I)c1OCc1ccccc1Cl. The Morgan fingerprint density at radius 3 is 2.74 bits per heavy atom. The quantitative estimate of drug-likeness (QED) is 0.278. The van der Waals surface area contributed by atoms with Crippen LogP contribution in [0.2, 0.25) is 5.02 Å². The molecule has 0 radical (unpaired) electrons. The fourth-order valence-electron chi connectivity index (χ4n) is 3.00. The summed E-state index contributed by atoms with van der Waals surface area (Å²) in [5.41, 5.74) is 4.15. The van der Waals surface area contributed by atoms with E-state index in [1.54, 1.807) is 13.1 Å². The predicted octanol–water partition coefficient (Wildman–Crippen LogP) is 4.53. The second-order valence-electron chi connectivity index (χ2n) is 6.94. The van der Waals surface area contributed by atoms with Crippen LogP contribution < -0.4 is 14.9 Å². The highest BCUT2D eigenvalue weighted by Crippen LogP contribution is 2.35. The van der Waals surface area contributed by atoms with Crippen LogP contribution in [-0.4, -0.2) is 37.7 Å². The predicted molar refractivity (Wildman–Crippen MR) is 127 cm³/mol. The molecule has 166 valence electrons. The summed E-state index contributed by atoms with van der Waals surface area (Å²) in [4.78, 5) is 12.1. The van der Waals surface area contributed by atoms with Crippen molar-refractivity contribution in [2.75, 3.05) is 19.8 Å². The van der Waals surface area contributed by atoms with Crippen molar-refractivity contribution in [1.82, 2.24) is 5.43 Å². The molecule has 0 spiro atoms. The maximum Gasteiger partial charge on any atom is 0.245 e. The van der Waals surface area contributed by atoms with E-state index < -0.39 is 5.79 Å². The van der Waals surface area contributed by atoms with Gasteiger partial charge in [-0.3, -0.25) is 4.79 Å². The molecule has 0 aromatic heterocycles. The summed E-state index contributed by atoms with van der Waals surface area (Å²) in [6.07, 6.45) is 1.63. The first-order valence-electron chi connectivity index (χ1n) is 9.82. The van der Waals surface area contributed by atoms with Gasteiger partial charge in [-0.25, -0.2) is 5.43 Å². The Balaban J connectivity index is 1.66. The molecule has 2 aromatic carbocycles. The number of hydrogen-bond donors (Lipinski definition) is 1. The van der Waals surface area contributed by atoms with Crippen molar-refractivity contribution in [2.24, 2.45) is 5.10 Å². The minimum Gasteiger partial charge on any atom is -0.490 e. The smallest absolute Gasteiger partial charge is 0.245 e. The van der Waals surface area contributed by atoms with E-state index in [1.807, 2.05) is 43.3 Å². The van der Waals surface area contributed by atoms with Gasteiger partial charge in [-0.15, -0.1) is 0 Å². The van der Waals surface area contributed by atoms with E-state index in [2.05, 4.69) is 33.1 Å². The van der Waals surface area contributed by atoms with Crippen LogP contribution in [-0.2, 0) is 20.9 Å². The first-order chi connectivity index (χ1) is 14.9. The Morgan fingerprint density at radius 2 is 2.03 bits per heavy atom. The van der Waals surface area contributed by atoms with E-state index >= 15 is 0 Å². The van der Waals surface area contributed by atoms with Crippen molar-refractivity contribution in [3.05, 3.63) is 56.1 Å². The van der Waals surface area contributed by atoms with Crippen LogP contribution in [0.15, 0.2) is 41.5 Å². The zero-order valence-corrected chi connectivity index (χ0v) is 20.2. The number of amides is 1. The van der Waals surface area contributed by atoms with E-state index in [1.165, 1.54) is 0 Å². The summed E-state index contributed by atoms with van der Waals surface area (Å²) in [7, 11) is 0. The van der Waals surface area contributed by atoms with Crippen LogP contribution in [0.4, 0.5) is 0 Å². The number of nitrogens with one attached hydrogen (secondary N) is 1. The zero-order chi connectivity index (χ0) is 22.3. The standard InChI is InChI=1S/C22H24ClIN2O5/c1-3-28-19-11-15(13-25-26-20(27)12-22(2)30-8-9-31-22)10-18(24)21(19)29-14-16-6-4-5-7-17(16)23/h4-7,10-11,13H,3,8-9,12,14H2,1-2H3,(H,26,27). The molecular formula is C22H24ClIN2O5. The van der Waals surface area contributed by atoms with Gasteiger partial charge in [0, 0.05) is 10.6 Å². The van der Waals surface area contributed by atoms with Crippen molar-refractivity contribution >= 4 is 46.3 Å². The zero-order valence-electron chi connectivity index (χ0n) is 17.3. The number of halogens is 2. The van der Waals surface area contributed by atoms with E-state index in [0.717, 1.165) is 14.7 Å². The third-order valence-corrected chi connectivity index (χ3v) is 5.61. The average molecular weight is 559 g/mol. The number of hydrazone groups is 1. The number of rotatable bonds is 9. The van der Waals surface area contributed by atoms with Crippen molar-refractivity contribution in [1.29, 1.82) is 0 Å². The van der Waals surface area contributed by atoms with Gasteiger partial charge in [0.05, 0.1) is 36.0 Å². The van der Waals surface area contributed by atoms with E-state index in [9.17, 15) is 4.79 Å². The van der Waals surface area contributed by atoms with Gasteiger partial charge in [-0.1, -0.05) is 29.8 Å². The lowest BCUT2D eigenvalue weighted by atomic mass is 10.2. The number of ether oxygens (including phenoxy) is 4. The molecule has 31 heavy (non-hydrogen) atoms. The van der Waals surface area contributed by atoms with Crippen molar-refractivity contribution in [2.45, 2.75) is 32.7 Å². The summed E-state index contributed by atoms with van der Waals surface area (Å²) in [5.74, 6) is 0.0409. The molecule has 1 saturated heterocycles. The summed E-state index contributed by atoms with van der Waals surface area (Å²) < 4.78 is 23.5. The molecule has 0 unspecified atom stereocenters. The molecule has 1 fully saturated rings.